The molecule has 0 radical (unpaired) electrons. The van der Waals surface area contributed by atoms with Gasteiger partial charge in [0.05, 0.1) is 6.61 Å². The number of ether oxygens (including phenoxy) is 1. The summed E-state index contributed by atoms with van der Waals surface area (Å²) in [7, 11) is 0. The number of aromatic amines is 1. The highest BCUT2D eigenvalue weighted by Gasteiger charge is 2.17. The first-order valence-corrected chi connectivity index (χ1v) is 4.04. The minimum absolute atomic E-state index is 0.499. The van der Waals surface area contributed by atoms with Crippen LogP contribution in [0.15, 0.2) is 12.4 Å². The Morgan fingerprint density at radius 2 is 2.64 bits per heavy atom. The van der Waals surface area contributed by atoms with E-state index in [1.165, 1.54) is 6.42 Å². The van der Waals surface area contributed by atoms with Gasteiger partial charge in [0, 0.05) is 24.9 Å². The highest BCUT2D eigenvalue weighted by atomic mass is 16.5. The molecule has 0 saturated carbocycles. The zero-order valence-electron chi connectivity index (χ0n) is 6.42. The molecule has 3 heteroatoms. The van der Waals surface area contributed by atoms with Gasteiger partial charge in [-0.2, -0.15) is 0 Å². The van der Waals surface area contributed by atoms with Crippen molar-refractivity contribution in [1.82, 2.24) is 9.97 Å². The minimum atomic E-state index is 0.499. The summed E-state index contributed by atoms with van der Waals surface area (Å²) in [5.74, 6) is 1.57. The van der Waals surface area contributed by atoms with Gasteiger partial charge in [-0.05, 0) is 12.8 Å². The molecule has 0 aliphatic carbocycles. The van der Waals surface area contributed by atoms with Crippen LogP contribution in [0.3, 0.4) is 0 Å². The Bertz CT molecular complexity index is 202. The molecule has 1 fully saturated rings. The molecule has 0 unspecified atom stereocenters. The van der Waals surface area contributed by atoms with Crippen LogP contribution in [0.2, 0.25) is 0 Å². The lowest BCUT2D eigenvalue weighted by Crippen LogP contribution is -2.16. The van der Waals surface area contributed by atoms with Gasteiger partial charge in [0.2, 0.25) is 0 Å². The molecule has 60 valence electrons. The van der Waals surface area contributed by atoms with Gasteiger partial charge in [-0.1, -0.05) is 0 Å². The molecule has 1 aliphatic rings. The molecular formula is C8H12N2O. The maximum Gasteiger partial charge on any atom is 0.111 e. The van der Waals surface area contributed by atoms with Crippen molar-refractivity contribution in [3.05, 3.63) is 18.2 Å². The molecule has 2 heterocycles. The average molecular weight is 152 g/mol. The first kappa shape index (κ1) is 6.85. The monoisotopic (exact) mass is 152 g/mol. The van der Waals surface area contributed by atoms with Gasteiger partial charge in [-0.3, -0.25) is 0 Å². The van der Waals surface area contributed by atoms with Crippen molar-refractivity contribution >= 4 is 0 Å². The number of nitrogens with one attached hydrogen (secondary N) is 1. The Labute approximate surface area is 65.8 Å². The Morgan fingerprint density at radius 1 is 1.64 bits per heavy atom. The summed E-state index contributed by atoms with van der Waals surface area (Å²) < 4.78 is 5.35. The number of aromatic nitrogens is 2. The molecule has 11 heavy (non-hydrogen) atoms. The number of rotatable bonds is 1. The molecule has 1 aromatic rings. The Kier molecular flexibility index (Phi) is 1.90. The largest absolute Gasteiger partial charge is 0.381 e. The summed E-state index contributed by atoms with van der Waals surface area (Å²) in [6.07, 6.45) is 6.02. The van der Waals surface area contributed by atoms with E-state index in [0.29, 0.717) is 5.92 Å². The van der Waals surface area contributed by atoms with Crippen molar-refractivity contribution in [3.8, 4) is 0 Å². The first-order chi connectivity index (χ1) is 5.47. The van der Waals surface area contributed by atoms with Crippen molar-refractivity contribution in [2.75, 3.05) is 13.2 Å². The smallest absolute Gasteiger partial charge is 0.111 e. The van der Waals surface area contributed by atoms with E-state index >= 15 is 0 Å². The lowest BCUT2D eigenvalue weighted by atomic mass is 10.0. The van der Waals surface area contributed by atoms with Crippen LogP contribution in [0.4, 0.5) is 0 Å². The summed E-state index contributed by atoms with van der Waals surface area (Å²) in [5.41, 5.74) is 0. The summed E-state index contributed by atoms with van der Waals surface area (Å²) in [6, 6.07) is 0. The van der Waals surface area contributed by atoms with Crippen molar-refractivity contribution in [1.29, 1.82) is 0 Å². The maximum absolute atomic E-state index is 5.35. The van der Waals surface area contributed by atoms with E-state index in [9.17, 15) is 0 Å². The Balaban J connectivity index is 2.04. The highest BCUT2D eigenvalue weighted by Crippen LogP contribution is 2.21. The highest BCUT2D eigenvalue weighted by molar-refractivity contribution is 4.97. The lowest BCUT2D eigenvalue weighted by molar-refractivity contribution is 0.0783. The molecule has 1 atom stereocenters. The van der Waals surface area contributed by atoms with Crippen molar-refractivity contribution in [3.63, 3.8) is 0 Å². The van der Waals surface area contributed by atoms with E-state index < -0.39 is 0 Å². The predicted octanol–water partition coefficient (Wildman–Crippen LogP) is 1.30. The zero-order chi connectivity index (χ0) is 7.52. The fourth-order valence-corrected chi connectivity index (χ4v) is 1.46. The lowest BCUT2D eigenvalue weighted by Gasteiger charge is -2.19. The van der Waals surface area contributed by atoms with Gasteiger partial charge >= 0.3 is 0 Å². The van der Waals surface area contributed by atoms with Crippen molar-refractivity contribution < 1.29 is 4.74 Å². The van der Waals surface area contributed by atoms with E-state index in [2.05, 4.69) is 9.97 Å². The second kappa shape index (κ2) is 3.05. The second-order valence-corrected chi connectivity index (χ2v) is 2.89. The molecule has 0 spiro atoms. The van der Waals surface area contributed by atoms with Crippen LogP contribution in [-0.4, -0.2) is 23.2 Å². The number of hydrogen-bond acceptors (Lipinski definition) is 2. The van der Waals surface area contributed by atoms with Crippen LogP contribution < -0.4 is 0 Å². The molecule has 1 N–H and O–H groups in total. The zero-order valence-corrected chi connectivity index (χ0v) is 6.42. The van der Waals surface area contributed by atoms with Gasteiger partial charge in [-0.15, -0.1) is 0 Å². The second-order valence-electron chi connectivity index (χ2n) is 2.89. The molecule has 1 saturated heterocycles. The number of nitrogens with zero attached hydrogens (tertiary/aromatic N) is 1. The van der Waals surface area contributed by atoms with Crippen LogP contribution in [0.1, 0.15) is 24.6 Å². The van der Waals surface area contributed by atoms with Crippen LogP contribution >= 0.6 is 0 Å². The van der Waals surface area contributed by atoms with Crippen LogP contribution in [0, 0.1) is 0 Å². The molecule has 0 aromatic carbocycles. The fraction of sp³-hybridized carbons (Fsp3) is 0.625. The van der Waals surface area contributed by atoms with Gasteiger partial charge in [0.1, 0.15) is 5.82 Å². The molecule has 1 aromatic heterocycles. The van der Waals surface area contributed by atoms with Gasteiger partial charge in [0.15, 0.2) is 0 Å². The predicted molar refractivity (Wildman–Crippen MR) is 41.4 cm³/mol. The van der Waals surface area contributed by atoms with Crippen molar-refractivity contribution in [2.45, 2.75) is 18.8 Å². The van der Waals surface area contributed by atoms with Gasteiger partial charge in [-0.25, -0.2) is 4.98 Å². The van der Waals surface area contributed by atoms with E-state index in [-0.39, 0.29) is 0 Å². The molecule has 2 rings (SSSR count). The SMILES string of the molecule is c1c[nH]c([C@H]2CCCOC2)n1. The fourth-order valence-electron chi connectivity index (χ4n) is 1.46. The number of hydrogen-bond donors (Lipinski definition) is 1. The molecule has 0 bridgehead atoms. The molecule has 1 aliphatic heterocycles. The van der Waals surface area contributed by atoms with Gasteiger partial charge < -0.3 is 9.72 Å². The third-order valence-electron chi connectivity index (χ3n) is 2.07. The summed E-state index contributed by atoms with van der Waals surface area (Å²) in [6.45, 7) is 1.74. The third-order valence-corrected chi connectivity index (χ3v) is 2.07. The summed E-state index contributed by atoms with van der Waals surface area (Å²) in [5, 5.41) is 0. The Morgan fingerprint density at radius 3 is 3.27 bits per heavy atom. The van der Waals surface area contributed by atoms with Crippen LogP contribution in [0.25, 0.3) is 0 Å². The first-order valence-electron chi connectivity index (χ1n) is 4.04. The average Bonchev–Trinajstić information content (AvgIpc) is 2.58. The standard InChI is InChI=1S/C8H12N2O/c1-2-7(6-11-5-1)8-9-3-4-10-8/h3-4,7H,1-2,5-6H2,(H,9,10)/t7-/m0/s1. The number of imidazole rings is 1. The number of H-pyrrole nitrogens is 1. The van der Waals surface area contributed by atoms with Crippen LogP contribution in [-0.2, 0) is 4.74 Å². The molecular weight excluding hydrogens is 140 g/mol. The van der Waals surface area contributed by atoms with Gasteiger partial charge in [0.25, 0.3) is 0 Å². The quantitative estimate of drug-likeness (QED) is 0.658. The van der Waals surface area contributed by atoms with Crippen LogP contribution in [0.5, 0.6) is 0 Å². The van der Waals surface area contributed by atoms with E-state index in [0.717, 1.165) is 25.5 Å². The van der Waals surface area contributed by atoms with Crippen molar-refractivity contribution in [2.24, 2.45) is 0 Å². The topological polar surface area (TPSA) is 37.9 Å². The molecule has 3 nitrogen and oxygen atoms in total. The maximum atomic E-state index is 5.35. The van der Waals surface area contributed by atoms with E-state index in [1.807, 2.05) is 6.20 Å². The molecule has 0 amide bonds. The summed E-state index contributed by atoms with van der Waals surface area (Å²) in [4.78, 5) is 7.32. The van der Waals surface area contributed by atoms with E-state index in [1.54, 1.807) is 6.20 Å². The van der Waals surface area contributed by atoms with E-state index in [4.69, 9.17) is 4.74 Å². The minimum Gasteiger partial charge on any atom is -0.381 e. The Hall–Kier alpha value is -0.830. The summed E-state index contributed by atoms with van der Waals surface area (Å²) >= 11 is 0. The third kappa shape index (κ3) is 1.43. The normalized spacial score (nSPS) is 25.3.